The van der Waals surface area contributed by atoms with Gasteiger partial charge in [-0.1, -0.05) is 11.2 Å². The Kier molecular flexibility index (Phi) is 1.59. The molecule has 0 amide bonds. The van der Waals surface area contributed by atoms with Gasteiger partial charge in [-0.05, 0) is 12.1 Å². The summed E-state index contributed by atoms with van der Waals surface area (Å²) in [4.78, 5) is 0. The van der Waals surface area contributed by atoms with Gasteiger partial charge in [0.1, 0.15) is 0 Å². The van der Waals surface area contributed by atoms with Crippen molar-refractivity contribution in [1.82, 2.24) is 0 Å². The fourth-order valence-electron chi connectivity index (χ4n) is 1.12. The molecule has 0 saturated carbocycles. The summed E-state index contributed by atoms with van der Waals surface area (Å²) < 4.78 is 10.3. The third-order valence-electron chi connectivity index (χ3n) is 1.62. The van der Waals surface area contributed by atoms with Crippen LogP contribution in [0.5, 0.6) is 11.5 Å². The van der Waals surface area contributed by atoms with Gasteiger partial charge in [0.15, 0.2) is 11.5 Å². The molecule has 0 saturated heterocycles. The molecule has 0 unspecified atom stereocenters. The SMILES string of the molecule is ON=Cc1cccc2c1OCO2. The standard InChI is InChI=1S/C8H7NO3/c10-9-4-6-2-1-3-7-8(6)12-5-11-7/h1-4,10H,5H2. The van der Waals surface area contributed by atoms with E-state index >= 15 is 0 Å². The number of rotatable bonds is 1. The monoisotopic (exact) mass is 165 g/mol. The van der Waals surface area contributed by atoms with Crippen molar-refractivity contribution in [2.75, 3.05) is 6.79 Å². The van der Waals surface area contributed by atoms with Gasteiger partial charge < -0.3 is 14.7 Å². The molecule has 0 spiro atoms. The van der Waals surface area contributed by atoms with Gasteiger partial charge in [-0.25, -0.2) is 0 Å². The zero-order valence-electron chi connectivity index (χ0n) is 6.23. The lowest BCUT2D eigenvalue weighted by atomic mass is 10.2. The van der Waals surface area contributed by atoms with Gasteiger partial charge in [-0.15, -0.1) is 0 Å². The van der Waals surface area contributed by atoms with Crippen LogP contribution in [0.25, 0.3) is 0 Å². The van der Waals surface area contributed by atoms with E-state index in [0.29, 0.717) is 17.1 Å². The fraction of sp³-hybridized carbons (Fsp3) is 0.125. The summed E-state index contributed by atoms with van der Waals surface area (Å²) in [6, 6.07) is 5.40. The Morgan fingerprint density at radius 3 is 3.17 bits per heavy atom. The molecule has 0 bridgehead atoms. The van der Waals surface area contributed by atoms with E-state index < -0.39 is 0 Å². The molecule has 0 atom stereocenters. The number of hydrogen-bond acceptors (Lipinski definition) is 4. The summed E-state index contributed by atoms with van der Waals surface area (Å²) in [6.45, 7) is 0.228. The Hall–Kier alpha value is -1.71. The van der Waals surface area contributed by atoms with Gasteiger partial charge in [0.2, 0.25) is 6.79 Å². The fourth-order valence-corrected chi connectivity index (χ4v) is 1.12. The van der Waals surface area contributed by atoms with Gasteiger partial charge in [0, 0.05) is 5.56 Å². The van der Waals surface area contributed by atoms with Crippen molar-refractivity contribution in [2.24, 2.45) is 5.16 Å². The van der Waals surface area contributed by atoms with E-state index in [1.807, 2.05) is 6.07 Å². The maximum absolute atomic E-state index is 8.32. The number of ether oxygens (including phenoxy) is 2. The Labute approximate surface area is 69.0 Å². The number of nitrogens with zero attached hydrogens (tertiary/aromatic N) is 1. The molecule has 12 heavy (non-hydrogen) atoms. The highest BCUT2D eigenvalue weighted by molar-refractivity contribution is 5.84. The third kappa shape index (κ3) is 0.972. The molecular weight excluding hydrogens is 158 g/mol. The Balaban J connectivity index is 2.49. The predicted molar refractivity (Wildman–Crippen MR) is 41.9 cm³/mol. The first-order valence-electron chi connectivity index (χ1n) is 3.48. The second-order valence-corrected chi connectivity index (χ2v) is 2.33. The molecule has 62 valence electrons. The summed E-state index contributed by atoms with van der Waals surface area (Å²) in [5, 5.41) is 11.2. The molecule has 1 aromatic rings. The van der Waals surface area contributed by atoms with Crippen molar-refractivity contribution in [3.05, 3.63) is 23.8 Å². The topological polar surface area (TPSA) is 51.1 Å². The number of fused-ring (bicyclic) bond motifs is 1. The average molecular weight is 165 g/mol. The number of benzene rings is 1. The first kappa shape index (κ1) is 6.97. The molecule has 0 fully saturated rings. The van der Waals surface area contributed by atoms with Crippen molar-refractivity contribution in [1.29, 1.82) is 0 Å². The Morgan fingerprint density at radius 1 is 1.42 bits per heavy atom. The Morgan fingerprint density at radius 2 is 2.33 bits per heavy atom. The summed E-state index contributed by atoms with van der Waals surface area (Å²) in [6.07, 6.45) is 1.31. The summed E-state index contributed by atoms with van der Waals surface area (Å²) in [5.74, 6) is 1.32. The Bertz CT molecular complexity index is 322. The normalized spacial score (nSPS) is 14.0. The lowest BCUT2D eigenvalue weighted by molar-refractivity contribution is 0.174. The van der Waals surface area contributed by atoms with E-state index in [1.165, 1.54) is 6.21 Å². The molecule has 1 heterocycles. The molecule has 1 aliphatic rings. The maximum Gasteiger partial charge on any atom is 0.231 e. The van der Waals surface area contributed by atoms with Crippen LogP contribution in [0.3, 0.4) is 0 Å². The van der Waals surface area contributed by atoms with Crippen LogP contribution in [0.4, 0.5) is 0 Å². The highest BCUT2D eigenvalue weighted by Crippen LogP contribution is 2.34. The molecule has 4 nitrogen and oxygen atoms in total. The molecule has 0 aliphatic carbocycles. The molecule has 1 N–H and O–H groups in total. The smallest absolute Gasteiger partial charge is 0.231 e. The van der Waals surface area contributed by atoms with Gasteiger partial charge in [-0.2, -0.15) is 0 Å². The number of para-hydroxylation sites is 1. The second-order valence-electron chi connectivity index (χ2n) is 2.33. The molecular formula is C8H7NO3. The van der Waals surface area contributed by atoms with Gasteiger partial charge in [-0.3, -0.25) is 0 Å². The largest absolute Gasteiger partial charge is 0.454 e. The van der Waals surface area contributed by atoms with Crippen molar-refractivity contribution < 1.29 is 14.7 Å². The summed E-state index contributed by atoms with van der Waals surface area (Å²) in [5.41, 5.74) is 0.715. The molecule has 0 aromatic heterocycles. The van der Waals surface area contributed by atoms with Crippen LogP contribution in [-0.4, -0.2) is 18.2 Å². The van der Waals surface area contributed by atoms with Gasteiger partial charge in [0.05, 0.1) is 6.21 Å². The van der Waals surface area contributed by atoms with Crippen LogP contribution in [-0.2, 0) is 0 Å². The van der Waals surface area contributed by atoms with E-state index in [0.717, 1.165) is 0 Å². The van der Waals surface area contributed by atoms with Crippen molar-refractivity contribution in [3.63, 3.8) is 0 Å². The molecule has 0 radical (unpaired) electrons. The van der Waals surface area contributed by atoms with Gasteiger partial charge >= 0.3 is 0 Å². The molecule has 1 aromatic carbocycles. The lowest BCUT2D eigenvalue weighted by Gasteiger charge is -1.97. The second kappa shape index (κ2) is 2.73. The quantitative estimate of drug-likeness (QED) is 0.386. The summed E-state index contributed by atoms with van der Waals surface area (Å²) in [7, 11) is 0. The minimum atomic E-state index is 0.228. The number of oxime groups is 1. The van der Waals surface area contributed by atoms with Crippen molar-refractivity contribution in [2.45, 2.75) is 0 Å². The van der Waals surface area contributed by atoms with Crippen LogP contribution in [0.15, 0.2) is 23.4 Å². The predicted octanol–water partition coefficient (Wildman–Crippen LogP) is 1.22. The molecule has 1 aliphatic heterocycles. The van der Waals surface area contributed by atoms with Crippen LogP contribution in [0.1, 0.15) is 5.56 Å². The lowest BCUT2D eigenvalue weighted by Crippen LogP contribution is -1.94. The van der Waals surface area contributed by atoms with E-state index in [4.69, 9.17) is 14.7 Å². The minimum Gasteiger partial charge on any atom is -0.454 e. The van der Waals surface area contributed by atoms with E-state index in [1.54, 1.807) is 12.1 Å². The first-order valence-corrected chi connectivity index (χ1v) is 3.48. The zero-order valence-corrected chi connectivity index (χ0v) is 6.23. The van der Waals surface area contributed by atoms with E-state index in [9.17, 15) is 0 Å². The van der Waals surface area contributed by atoms with Crippen LogP contribution < -0.4 is 9.47 Å². The van der Waals surface area contributed by atoms with Crippen LogP contribution in [0.2, 0.25) is 0 Å². The van der Waals surface area contributed by atoms with Gasteiger partial charge in [0.25, 0.3) is 0 Å². The number of hydrogen-bond donors (Lipinski definition) is 1. The highest BCUT2D eigenvalue weighted by Gasteiger charge is 2.15. The van der Waals surface area contributed by atoms with Crippen molar-refractivity contribution in [3.8, 4) is 11.5 Å². The molecule has 4 heteroatoms. The van der Waals surface area contributed by atoms with Crippen LogP contribution in [0, 0.1) is 0 Å². The minimum absolute atomic E-state index is 0.228. The average Bonchev–Trinajstić information content (AvgIpc) is 2.53. The van der Waals surface area contributed by atoms with Crippen molar-refractivity contribution >= 4 is 6.21 Å². The summed E-state index contributed by atoms with van der Waals surface area (Å²) >= 11 is 0. The maximum atomic E-state index is 8.32. The highest BCUT2D eigenvalue weighted by atomic mass is 16.7. The van der Waals surface area contributed by atoms with E-state index in [-0.39, 0.29) is 6.79 Å². The van der Waals surface area contributed by atoms with E-state index in [2.05, 4.69) is 5.16 Å². The third-order valence-corrected chi connectivity index (χ3v) is 1.62. The van der Waals surface area contributed by atoms with Crippen LogP contribution >= 0.6 is 0 Å². The first-order chi connectivity index (χ1) is 5.92. The molecule has 2 rings (SSSR count). The zero-order chi connectivity index (χ0) is 8.39.